The van der Waals surface area contributed by atoms with E-state index in [0.717, 1.165) is 36.8 Å². The van der Waals surface area contributed by atoms with Gasteiger partial charge < -0.3 is 19.9 Å². The molecule has 2 fully saturated rings. The molecule has 5 rings (SSSR count). The quantitative estimate of drug-likeness (QED) is 0.516. The van der Waals surface area contributed by atoms with E-state index in [0.29, 0.717) is 6.42 Å². The number of benzene rings is 2. The topological polar surface area (TPSA) is 80.7 Å². The SMILES string of the molecule is O=C(N[C@@H]1C[C@@H]2O[C@@H](CO)CC[C@@H]2O[C@@H]1CCc1ccc(-c2cccnc2)cc1)c1cccc(F)c1. The fourth-order valence-corrected chi connectivity index (χ4v) is 5.17. The Labute approximate surface area is 210 Å². The first-order valence-corrected chi connectivity index (χ1v) is 12.6. The van der Waals surface area contributed by atoms with Crippen LogP contribution in [0.2, 0.25) is 0 Å². The summed E-state index contributed by atoms with van der Waals surface area (Å²) in [6.45, 7) is -0.0258. The van der Waals surface area contributed by atoms with Crippen LogP contribution in [-0.4, -0.2) is 53.1 Å². The van der Waals surface area contributed by atoms with E-state index in [1.165, 1.54) is 23.8 Å². The molecule has 2 aliphatic rings. The van der Waals surface area contributed by atoms with E-state index in [4.69, 9.17) is 9.47 Å². The highest BCUT2D eigenvalue weighted by Gasteiger charge is 2.42. The molecule has 3 heterocycles. The summed E-state index contributed by atoms with van der Waals surface area (Å²) in [7, 11) is 0. The molecule has 36 heavy (non-hydrogen) atoms. The number of nitrogens with zero attached hydrogens (tertiary/aromatic N) is 1. The molecule has 2 aliphatic heterocycles. The number of aliphatic hydroxyl groups is 1. The molecule has 5 atom stereocenters. The minimum Gasteiger partial charge on any atom is -0.394 e. The summed E-state index contributed by atoms with van der Waals surface area (Å²) < 4.78 is 26.2. The highest BCUT2D eigenvalue weighted by atomic mass is 19.1. The molecule has 3 aromatic rings. The number of nitrogens with one attached hydrogen (secondary N) is 1. The van der Waals surface area contributed by atoms with Crippen molar-refractivity contribution in [2.45, 2.75) is 62.6 Å². The molecule has 0 aliphatic carbocycles. The zero-order valence-corrected chi connectivity index (χ0v) is 20.1. The summed E-state index contributed by atoms with van der Waals surface area (Å²) in [5.74, 6) is -0.780. The number of halogens is 1. The summed E-state index contributed by atoms with van der Waals surface area (Å²) >= 11 is 0. The van der Waals surface area contributed by atoms with Crippen LogP contribution < -0.4 is 5.32 Å². The van der Waals surface area contributed by atoms with Gasteiger partial charge in [-0.1, -0.05) is 36.4 Å². The molecule has 1 amide bonds. The highest BCUT2D eigenvalue weighted by Crippen LogP contribution is 2.33. The second-order valence-corrected chi connectivity index (χ2v) is 9.57. The van der Waals surface area contributed by atoms with Gasteiger partial charge in [-0.25, -0.2) is 4.39 Å². The molecule has 0 unspecified atom stereocenters. The van der Waals surface area contributed by atoms with Gasteiger partial charge in [-0.15, -0.1) is 0 Å². The minimum atomic E-state index is -0.449. The fourth-order valence-electron chi connectivity index (χ4n) is 5.17. The second-order valence-electron chi connectivity index (χ2n) is 9.57. The summed E-state index contributed by atoms with van der Waals surface area (Å²) in [6.07, 6.45) is 6.63. The van der Waals surface area contributed by atoms with Crippen LogP contribution in [0.4, 0.5) is 4.39 Å². The lowest BCUT2D eigenvalue weighted by molar-refractivity contribution is -0.201. The van der Waals surface area contributed by atoms with Crippen LogP contribution in [0, 0.1) is 5.82 Å². The van der Waals surface area contributed by atoms with E-state index in [9.17, 15) is 14.3 Å². The third-order valence-electron chi connectivity index (χ3n) is 7.11. The van der Waals surface area contributed by atoms with Gasteiger partial charge in [0.2, 0.25) is 0 Å². The van der Waals surface area contributed by atoms with Crippen LogP contribution in [0.3, 0.4) is 0 Å². The zero-order chi connectivity index (χ0) is 24.9. The maximum Gasteiger partial charge on any atom is 0.251 e. The number of carbonyl (C=O) groups is 1. The molecule has 0 bridgehead atoms. The van der Waals surface area contributed by atoms with Gasteiger partial charge in [-0.05, 0) is 73.1 Å². The van der Waals surface area contributed by atoms with Crippen LogP contribution in [0.25, 0.3) is 11.1 Å². The Morgan fingerprint density at radius 1 is 1.03 bits per heavy atom. The largest absolute Gasteiger partial charge is 0.394 e. The smallest absolute Gasteiger partial charge is 0.251 e. The highest BCUT2D eigenvalue weighted by molar-refractivity contribution is 5.94. The maximum atomic E-state index is 13.7. The average molecular weight is 491 g/mol. The van der Waals surface area contributed by atoms with Crippen molar-refractivity contribution in [1.29, 1.82) is 0 Å². The molecular weight excluding hydrogens is 459 g/mol. The number of ether oxygens (including phenoxy) is 2. The molecule has 7 heteroatoms. The minimum absolute atomic E-state index is 0.0258. The summed E-state index contributed by atoms with van der Waals surface area (Å²) in [4.78, 5) is 17.1. The van der Waals surface area contributed by atoms with Gasteiger partial charge in [-0.2, -0.15) is 0 Å². The predicted molar refractivity (Wildman–Crippen MR) is 134 cm³/mol. The molecular formula is C29H31FN2O4. The number of hydrogen-bond acceptors (Lipinski definition) is 5. The second kappa shape index (κ2) is 11.3. The monoisotopic (exact) mass is 490 g/mol. The Morgan fingerprint density at radius 3 is 2.64 bits per heavy atom. The van der Waals surface area contributed by atoms with Gasteiger partial charge in [0.1, 0.15) is 5.82 Å². The Kier molecular flexibility index (Phi) is 7.70. The Morgan fingerprint density at radius 2 is 1.89 bits per heavy atom. The van der Waals surface area contributed by atoms with Crippen LogP contribution in [0.5, 0.6) is 0 Å². The van der Waals surface area contributed by atoms with E-state index in [-0.39, 0.29) is 48.5 Å². The van der Waals surface area contributed by atoms with Gasteiger partial charge in [-0.3, -0.25) is 9.78 Å². The zero-order valence-electron chi connectivity index (χ0n) is 20.1. The van der Waals surface area contributed by atoms with Crippen LogP contribution >= 0.6 is 0 Å². The summed E-state index contributed by atoms with van der Waals surface area (Å²) in [6, 6.07) is 17.8. The maximum absolute atomic E-state index is 13.7. The van der Waals surface area contributed by atoms with Crippen molar-refractivity contribution in [3.63, 3.8) is 0 Å². The normalized spacial score (nSPS) is 25.7. The number of amides is 1. The lowest BCUT2D eigenvalue weighted by atomic mass is 9.88. The van der Waals surface area contributed by atoms with E-state index in [1.807, 2.05) is 18.3 Å². The number of aliphatic hydroxyl groups excluding tert-OH is 1. The number of carbonyl (C=O) groups excluding carboxylic acids is 1. The number of aryl methyl sites for hydroxylation is 1. The van der Waals surface area contributed by atoms with Crippen LogP contribution in [-0.2, 0) is 15.9 Å². The lowest BCUT2D eigenvalue weighted by Gasteiger charge is -2.45. The van der Waals surface area contributed by atoms with Gasteiger partial charge in [0.25, 0.3) is 5.91 Å². The first-order chi connectivity index (χ1) is 17.6. The van der Waals surface area contributed by atoms with Crippen LogP contribution in [0.1, 0.15) is 41.6 Å². The molecule has 188 valence electrons. The van der Waals surface area contributed by atoms with Gasteiger partial charge in [0.15, 0.2) is 0 Å². The van der Waals surface area contributed by atoms with Crippen molar-refractivity contribution in [3.05, 3.63) is 90.0 Å². The molecule has 2 saturated heterocycles. The third kappa shape index (κ3) is 5.81. The molecule has 2 aromatic carbocycles. The number of hydrogen-bond donors (Lipinski definition) is 2. The number of fused-ring (bicyclic) bond motifs is 1. The number of aromatic nitrogens is 1. The Hall–Kier alpha value is -3.13. The fraction of sp³-hybridized carbons (Fsp3) is 0.379. The average Bonchev–Trinajstić information content (AvgIpc) is 2.92. The van der Waals surface area contributed by atoms with Crippen molar-refractivity contribution < 1.29 is 23.8 Å². The van der Waals surface area contributed by atoms with E-state index in [2.05, 4.69) is 34.6 Å². The third-order valence-corrected chi connectivity index (χ3v) is 7.11. The first-order valence-electron chi connectivity index (χ1n) is 12.6. The molecule has 0 spiro atoms. The van der Waals surface area contributed by atoms with Crippen molar-refractivity contribution >= 4 is 5.91 Å². The summed E-state index contributed by atoms with van der Waals surface area (Å²) in [5, 5.41) is 12.6. The van der Waals surface area contributed by atoms with Crippen molar-refractivity contribution in [2.24, 2.45) is 0 Å². The Bertz CT molecular complexity index is 1160. The van der Waals surface area contributed by atoms with Gasteiger partial charge in [0, 0.05) is 18.0 Å². The van der Waals surface area contributed by atoms with Gasteiger partial charge >= 0.3 is 0 Å². The molecule has 6 nitrogen and oxygen atoms in total. The van der Waals surface area contributed by atoms with Gasteiger partial charge in [0.05, 0.1) is 37.1 Å². The van der Waals surface area contributed by atoms with Crippen LogP contribution in [0.15, 0.2) is 73.1 Å². The van der Waals surface area contributed by atoms with Crippen molar-refractivity contribution in [1.82, 2.24) is 10.3 Å². The predicted octanol–water partition coefficient (Wildman–Crippen LogP) is 4.32. The lowest BCUT2D eigenvalue weighted by Crippen LogP contribution is -2.57. The molecule has 0 radical (unpaired) electrons. The summed E-state index contributed by atoms with van der Waals surface area (Å²) in [5.41, 5.74) is 3.65. The van der Waals surface area contributed by atoms with E-state index < -0.39 is 5.82 Å². The standard InChI is InChI=1S/C29H31FN2O4/c30-23-5-1-3-21(15-23)29(34)32-25-16-28-27(13-11-24(18-33)35-28)36-26(25)12-8-19-6-9-20(10-7-19)22-4-2-14-31-17-22/h1-7,9-10,14-15,17,24-28,33H,8,11-13,16,18H2,(H,32,34)/t24-,25-,26-,27+,28+/m1/s1. The Balaban J connectivity index is 1.28. The molecule has 1 aromatic heterocycles. The van der Waals surface area contributed by atoms with Crippen molar-refractivity contribution in [2.75, 3.05) is 6.61 Å². The van der Waals surface area contributed by atoms with E-state index >= 15 is 0 Å². The molecule has 0 saturated carbocycles. The molecule has 2 N–H and O–H groups in total. The van der Waals surface area contributed by atoms with E-state index in [1.54, 1.807) is 12.3 Å². The van der Waals surface area contributed by atoms with Crippen molar-refractivity contribution in [3.8, 4) is 11.1 Å². The first kappa shape index (κ1) is 24.6. The number of rotatable bonds is 7. The number of pyridine rings is 1.